The number of imidazole rings is 1. The maximum atomic E-state index is 5.42. The van der Waals surface area contributed by atoms with E-state index in [9.17, 15) is 0 Å². The normalized spacial score (nSPS) is 12.7. The molecule has 3 aromatic heterocycles. The maximum Gasteiger partial charge on any atom is 0.176 e. The van der Waals surface area contributed by atoms with Gasteiger partial charge < -0.3 is 8.98 Å². The van der Waals surface area contributed by atoms with E-state index in [-0.39, 0.29) is 0 Å². The zero-order valence-electron chi connectivity index (χ0n) is 10.1. The third-order valence-electron chi connectivity index (χ3n) is 3.00. The monoisotopic (exact) mass is 258 g/mol. The van der Waals surface area contributed by atoms with E-state index >= 15 is 0 Å². The summed E-state index contributed by atoms with van der Waals surface area (Å²) in [5.74, 6) is 1.71. The molecule has 0 aliphatic rings. The summed E-state index contributed by atoms with van der Waals surface area (Å²) in [5.41, 5.74) is 1.37. The Labute approximate surface area is 110 Å². The molecule has 0 spiro atoms. The minimum Gasteiger partial charge on any atom is -0.461 e. The van der Waals surface area contributed by atoms with E-state index < -0.39 is 0 Å². The van der Waals surface area contributed by atoms with Crippen LogP contribution in [0.15, 0.2) is 52.0 Å². The predicted octanol–water partition coefficient (Wildman–Crippen LogP) is 4.01. The lowest BCUT2D eigenvalue weighted by Crippen LogP contribution is -2.08. The van der Waals surface area contributed by atoms with E-state index in [0.717, 1.165) is 18.0 Å². The van der Waals surface area contributed by atoms with Crippen molar-refractivity contribution < 1.29 is 4.42 Å². The van der Waals surface area contributed by atoms with Gasteiger partial charge in [-0.1, -0.05) is 0 Å². The van der Waals surface area contributed by atoms with Gasteiger partial charge >= 0.3 is 0 Å². The first-order chi connectivity index (χ1) is 8.84. The average molecular weight is 258 g/mol. The summed E-state index contributed by atoms with van der Waals surface area (Å²) in [6, 6.07) is 6.36. The Morgan fingerprint density at radius 1 is 1.44 bits per heavy atom. The molecular formula is C14H14N2OS. The van der Waals surface area contributed by atoms with Gasteiger partial charge in [0.15, 0.2) is 11.6 Å². The smallest absolute Gasteiger partial charge is 0.176 e. The minimum absolute atomic E-state index is 0.363. The molecule has 1 atom stereocenters. The van der Waals surface area contributed by atoms with Crippen LogP contribution in [0.4, 0.5) is 0 Å². The standard InChI is InChI=1S/C14H14N2OS/c1-11(9-12-4-8-18-10-12)16-6-5-15-14(16)13-3-2-7-17-13/h2-8,10-11H,9H2,1H3/t11-/m0/s1. The van der Waals surface area contributed by atoms with Crippen molar-refractivity contribution in [3.8, 4) is 11.6 Å². The number of furan rings is 1. The number of aromatic nitrogens is 2. The Kier molecular flexibility index (Phi) is 3.02. The fourth-order valence-corrected chi connectivity index (χ4v) is 2.80. The molecular weight excluding hydrogens is 244 g/mol. The second-order valence-electron chi connectivity index (χ2n) is 4.32. The van der Waals surface area contributed by atoms with Crippen LogP contribution >= 0.6 is 11.3 Å². The van der Waals surface area contributed by atoms with E-state index in [1.54, 1.807) is 17.6 Å². The highest BCUT2D eigenvalue weighted by molar-refractivity contribution is 7.07. The van der Waals surface area contributed by atoms with E-state index in [4.69, 9.17) is 4.42 Å². The zero-order chi connectivity index (χ0) is 12.4. The van der Waals surface area contributed by atoms with Crippen LogP contribution in [0.3, 0.4) is 0 Å². The number of nitrogens with zero attached hydrogens (tertiary/aromatic N) is 2. The molecule has 0 amide bonds. The molecule has 0 aliphatic heterocycles. The van der Waals surface area contributed by atoms with Crippen molar-refractivity contribution in [3.05, 3.63) is 53.2 Å². The van der Waals surface area contributed by atoms with Crippen molar-refractivity contribution in [2.75, 3.05) is 0 Å². The van der Waals surface area contributed by atoms with E-state index in [1.165, 1.54) is 5.56 Å². The van der Waals surface area contributed by atoms with Gasteiger partial charge in [0, 0.05) is 18.4 Å². The lowest BCUT2D eigenvalue weighted by atomic mass is 10.1. The van der Waals surface area contributed by atoms with Gasteiger partial charge in [0.25, 0.3) is 0 Å². The van der Waals surface area contributed by atoms with Gasteiger partial charge in [-0.3, -0.25) is 0 Å². The van der Waals surface area contributed by atoms with Gasteiger partial charge in [0.1, 0.15) is 0 Å². The van der Waals surface area contributed by atoms with Crippen molar-refractivity contribution in [1.29, 1.82) is 0 Å². The van der Waals surface area contributed by atoms with Crippen molar-refractivity contribution in [1.82, 2.24) is 9.55 Å². The van der Waals surface area contributed by atoms with E-state index in [2.05, 4.69) is 33.3 Å². The van der Waals surface area contributed by atoms with E-state index in [1.807, 2.05) is 24.5 Å². The fourth-order valence-electron chi connectivity index (χ4n) is 2.11. The molecule has 0 N–H and O–H groups in total. The Morgan fingerprint density at radius 2 is 2.39 bits per heavy atom. The van der Waals surface area contributed by atoms with Crippen LogP contribution < -0.4 is 0 Å². The molecule has 0 radical (unpaired) electrons. The largest absolute Gasteiger partial charge is 0.461 e. The van der Waals surface area contributed by atoms with Gasteiger partial charge in [-0.15, -0.1) is 0 Å². The number of rotatable bonds is 4. The van der Waals surface area contributed by atoms with Gasteiger partial charge in [-0.2, -0.15) is 11.3 Å². The third kappa shape index (κ3) is 2.11. The molecule has 0 aromatic carbocycles. The SMILES string of the molecule is C[C@@H](Cc1ccsc1)n1ccnc1-c1ccco1. The average Bonchev–Trinajstić information content (AvgIpc) is 3.11. The summed E-state index contributed by atoms with van der Waals surface area (Å²) >= 11 is 1.74. The van der Waals surface area contributed by atoms with Gasteiger partial charge in [-0.05, 0) is 47.9 Å². The summed E-state index contributed by atoms with van der Waals surface area (Å²) in [4.78, 5) is 4.38. The van der Waals surface area contributed by atoms with Crippen LogP contribution in [0, 0.1) is 0 Å². The van der Waals surface area contributed by atoms with Crippen LogP contribution in [0.2, 0.25) is 0 Å². The molecule has 0 fully saturated rings. The quantitative estimate of drug-likeness (QED) is 0.708. The Balaban J connectivity index is 1.86. The topological polar surface area (TPSA) is 31.0 Å². The number of hydrogen-bond acceptors (Lipinski definition) is 3. The van der Waals surface area contributed by atoms with Crippen molar-refractivity contribution >= 4 is 11.3 Å². The first kappa shape index (κ1) is 11.3. The molecule has 4 heteroatoms. The molecule has 3 nitrogen and oxygen atoms in total. The first-order valence-corrected chi connectivity index (χ1v) is 6.86. The highest BCUT2D eigenvalue weighted by Gasteiger charge is 2.14. The van der Waals surface area contributed by atoms with Crippen molar-refractivity contribution in [3.63, 3.8) is 0 Å². The van der Waals surface area contributed by atoms with Crippen LogP contribution in [0.5, 0.6) is 0 Å². The van der Waals surface area contributed by atoms with Crippen LogP contribution in [-0.2, 0) is 6.42 Å². The highest BCUT2D eigenvalue weighted by atomic mass is 32.1. The second kappa shape index (κ2) is 4.82. The Hall–Kier alpha value is -1.81. The lowest BCUT2D eigenvalue weighted by molar-refractivity contribution is 0.526. The molecule has 92 valence electrons. The molecule has 3 rings (SSSR count). The lowest BCUT2D eigenvalue weighted by Gasteiger charge is -2.14. The summed E-state index contributed by atoms with van der Waals surface area (Å²) in [7, 11) is 0. The summed E-state index contributed by atoms with van der Waals surface area (Å²) in [6.07, 6.45) is 6.52. The van der Waals surface area contributed by atoms with Gasteiger partial charge in [0.05, 0.1) is 6.26 Å². The molecule has 0 bridgehead atoms. The fraction of sp³-hybridized carbons (Fsp3) is 0.214. The van der Waals surface area contributed by atoms with Crippen LogP contribution in [0.1, 0.15) is 18.5 Å². The Morgan fingerprint density at radius 3 is 3.11 bits per heavy atom. The third-order valence-corrected chi connectivity index (χ3v) is 3.73. The maximum absolute atomic E-state index is 5.42. The highest BCUT2D eigenvalue weighted by Crippen LogP contribution is 2.24. The zero-order valence-corrected chi connectivity index (χ0v) is 10.9. The van der Waals surface area contributed by atoms with Crippen molar-refractivity contribution in [2.45, 2.75) is 19.4 Å². The van der Waals surface area contributed by atoms with Gasteiger partial charge in [0.2, 0.25) is 0 Å². The number of hydrogen-bond donors (Lipinski definition) is 0. The number of thiophene rings is 1. The molecule has 0 aliphatic carbocycles. The predicted molar refractivity (Wildman–Crippen MR) is 72.7 cm³/mol. The molecule has 3 aromatic rings. The molecule has 0 saturated heterocycles. The minimum atomic E-state index is 0.363. The van der Waals surface area contributed by atoms with Crippen molar-refractivity contribution in [2.24, 2.45) is 0 Å². The van der Waals surface area contributed by atoms with Crippen LogP contribution in [-0.4, -0.2) is 9.55 Å². The molecule has 18 heavy (non-hydrogen) atoms. The first-order valence-electron chi connectivity index (χ1n) is 5.92. The van der Waals surface area contributed by atoms with Gasteiger partial charge in [-0.25, -0.2) is 4.98 Å². The molecule has 0 saturated carbocycles. The second-order valence-corrected chi connectivity index (χ2v) is 5.10. The molecule has 0 unspecified atom stereocenters. The van der Waals surface area contributed by atoms with E-state index in [0.29, 0.717) is 6.04 Å². The summed E-state index contributed by atoms with van der Waals surface area (Å²) in [6.45, 7) is 2.20. The molecule has 3 heterocycles. The summed E-state index contributed by atoms with van der Waals surface area (Å²) < 4.78 is 7.59. The Bertz CT molecular complexity index is 596. The van der Waals surface area contributed by atoms with Crippen LogP contribution in [0.25, 0.3) is 11.6 Å². The summed E-state index contributed by atoms with van der Waals surface area (Å²) in [5, 5.41) is 4.31.